The van der Waals surface area contributed by atoms with Gasteiger partial charge >= 0.3 is 0 Å². The van der Waals surface area contributed by atoms with Crippen molar-refractivity contribution in [2.45, 2.75) is 32.2 Å². The summed E-state index contributed by atoms with van der Waals surface area (Å²) in [5.41, 5.74) is 0. The molecule has 0 bridgehead atoms. The van der Waals surface area contributed by atoms with Crippen molar-refractivity contribution in [1.82, 2.24) is 15.3 Å². The minimum Gasteiger partial charge on any atom is -0.354 e. The minimum absolute atomic E-state index is 0.0311. The number of rotatable bonds is 7. The first-order chi connectivity index (χ1) is 9.60. The van der Waals surface area contributed by atoms with Crippen LogP contribution in [-0.2, 0) is 4.79 Å². The summed E-state index contributed by atoms with van der Waals surface area (Å²) in [6, 6.07) is 0.381. The molecule has 20 heavy (non-hydrogen) atoms. The van der Waals surface area contributed by atoms with Crippen molar-refractivity contribution in [3.63, 3.8) is 0 Å². The van der Waals surface area contributed by atoms with Crippen LogP contribution in [0.4, 0.5) is 11.8 Å². The summed E-state index contributed by atoms with van der Waals surface area (Å²) in [7, 11) is 1.85. The molecule has 0 unspecified atom stereocenters. The third kappa shape index (κ3) is 4.33. The number of hydrogen-bond donors (Lipinski definition) is 2. The average Bonchev–Trinajstić information content (AvgIpc) is 3.21. The first kappa shape index (κ1) is 15.0. The summed E-state index contributed by atoms with van der Waals surface area (Å²) < 4.78 is 0.779. The fourth-order valence-electron chi connectivity index (χ4n) is 1.74. The summed E-state index contributed by atoms with van der Waals surface area (Å²) >= 11 is 3.43. The topological polar surface area (TPSA) is 70.2 Å². The molecule has 1 aromatic rings. The van der Waals surface area contributed by atoms with Gasteiger partial charge in [-0.3, -0.25) is 4.79 Å². The Morgan fingerprint density at radius 2 is 2.30 bits per heavy atom. The predicted octanol–water partition coefficient (Wildman–Crippen LogP) is 1.78. The molecule has 0 radical (unpaired) electrons. The molecule has 1 amide bonds. The van der Waals surface area contributed by atoms with Gasteiger partial charge in [-0.05, 0) is 35.2 Å². The lowest BCUT2D eigenvalue weighted by Gasteiger charge is -2.19. The van der Waals surface area contributed by atoms with Gasteiger partial charge in [0, 0.05) is 25.8 Å². The molecule has 0 saturated heterocycles. The van der Waals surface area contributed by atoms with Crippen LogP contribution >= 0.6 is 15.9 Å². The van der Waals surface area contributed by atoms with E-state index >= 15 is 0 Å². The third-order valence-corrected chi connectivity index (χ3v) is 3.50. The lowest BCUT2D eigenvalue weighted by Crippen LogP contribution is -2.36. The molecule has 0 aliphatic heterocycles. The van der Waals surface area contributed by atoms with E-state index in [1.165, 1.54) is 0 Å². The highest BCUT2D eigenvalue weighted by molar-refractivity contribution is 9.10. The molecule has 6 nitrogen and oxygen atoms in total. The molecular weight excluding hydrogens is 322 g/mol. The fourth-order valence-corrected chi connectivity index (χ4v) is 2.23. The number of hydrogen-bond acceptors (Lipinski definition) is 5. The van der Waals surface area contributed by atoms with Crippen molar-refractivity contribution >= 4 is 33.6 Å². The zero-order valence-corrected chi connectivity index (χ0v) is 13.4. The van der Waals surface area contributed by atoms with Crippen molar-refractivity contribution < 1.29 is 4.79 Å². The molecule has 1 aliphatic rings. The second kappa shape index (κ2) is 6.88. The van der Waals surface area contributed by atoms with Crippen LogP contribution in [0.2, 0.25) is 0 Å². The number of anilines is 2. The van der Waals surface area contributed by atoms with E-state index in [0.717, 1.165) is 30.3 Å². The van der Waals surface area contributed by atoms with Crippen molar-refractivity contribution in [3.8, 4) is 0 Å². The van der Waals surface area contributed by atoms with Gasteiger partial charge in [0.1, 0.15) is 5.82 Å². The zero-order valence-electron chi connectivity index (χ0n) is 11.8. The SMILES string of the molecule is CCCNc1ncc(Br)c(N(C)CC(=O)NC2CC2)n1. The standard InChI is InChI=1S/C13H20BrN5O/c1-3-6-15-13-16-7-10(14)12(18-13)19(2)8-11(20)17-9-4-5-9/h7,9H,3-6,8H2,1-2H3,(H,17,20)(H,15,16,18). The number of carbonyl (C=O) groups excluding carboxylic acids is 1. The van der Waals surface area contributed by atoms with Gasteiger partial charge in [0.15, 0.2) is 0 Å². The summed E-state index contributed by atoms with van der Waals surface area (Å²) in [6.45, 7) is 3.20. The summed E-state index contributed by atoms with van der Waals surface area (Å²) in [5.74, 6) is 1.33. The first-order valence-corrected chi connectivity index (χ1v) is 7.66. The smallest absolute Gasteiger partial charge is 0.239 e. The molecule has 1 saturated carbocycles. The Bertz CT molecular complexity index is 478. The predicted molar refractivity (Wildman–Crippen MR) is 82.9 cm³/mol. The van der Waals surface area contributed by atoms with Gasteiger partial charge in [-0.25, -0.2) is 4.98 Å². The summed E-state index contributed by atoms with van der Waals surface area (Å²) in [6.07, 6.45) is 4.90. The molecule has 110 valence electrons. The van der Waals surface area contributed by atoms with Gasteiger partial charge in [0.05, 0.1) is 11.0 Å². The van der Waals surface area contributed by atoms with Crippen LogP contribution in [0.5, 0.6) is 0 Å². The molecule has 0 spiro atoms. The van der Waals surface area contributed by atoms with Crippen LogP contribution in [0.15, 0.2) is 10.7 Å². The number of carbonyl (C=O) groups is 1. The highest BCUT2D eigenvalue weighted by Gasteiger charge is 2.24. The molecule has 7 heteroatoms. The van der Waals surface area contributed by atoms with Crippen LogP contribution in [0.25, 0.3) is 0 Å². The normalized spacial score (nSPS) is 13.9. The molecule has 1 aromatic heterocycles. The maximum Gasteiger partial charge on any atom is 0.239 e. The number of aromatic nitrogens is 2. The van der Waals surface area contributed by atoms with E-state index in [4.69, 9.17) is 0 Å². The molecule has 2 rings (SSSR count). The Labute approximate surface area is 127 Å². The van der Waals surface area contributed by atoms with Gasteiger partial charge in [0.2, 0.25) is 11.9 Å². The monoisotopic (exact) mass is 341 g/mol. The molecule has 1 aliphatic carbocycles. The quantitative estimate of drug-likeness (QED) is 0.790. The van der Waals surface area contributed by atoms with Crippen molar-refractivity contribution in [3.05, 3.63) is 10.7 Å². The average molecular weight is 342 g/mol. The number of amides is 1. The van der Waals surface area contributed by atoms with Gasteiger partial charge in [-0.2, -0.15) is 4.98 Å². The second-order valence-electron chi connectivity index (χ2n) is 4.99. The molecule has 0 atom stereocenters. The molecule has 0 aromatic carbocycles. The Morgan fingerprint density at radius 1 is 1.55 bits per heavy atom. The number of nitrogens with one attached hydrogen (secondary N) is 2. The van der Waals surface area contributed by atoms with Gasteiger partial charge < -0.3 is 15.5 Å². The fraction of sp³-hybridized carbons (Fsp3) is 0.615. The van der Waals surface area contributed by atoms with Gasteiger partial charge in [-0.15, -0.1) is 0 Å². The van der Waals surface area contributed by atoms with E-state index in [1.54, 1.807) is 6.20 Å². The maximum atomic E-state index is 11.8. The van der Waals surface area contributed by atoms with Crippen LogP contribution in [0, 0.1) is 0 Å². The van der Waals surface area contributed by atoms with E-state index < -0.39 is 0 Å². The Kier molecular flexibility index (Phi) is 5.17. The summed E-state index contributed by atoms with van der Waals surface area (Å²) in [4.78, 5) is 22.3. The Balaban J connectivity index is 1.99. The lowest BCUT2D eigenvalue weighted by atomic mass is 10.4. The van der Waals surface area contributed by atoms with Crippen molar-refractivity contribution in [1.29, 1.82) is 0 Å². The number of nitrogens with zero attached hydrogens (tertiary/aromatic N) is 3. The minimum atomic E-state index is 0.0311. The van der Waals surface area contributed by atoms with Crippen LogP contribution in [-0.4, -0.2) is 42.1 Å². The van der Waals surface area contributed by atoms with Crippen LogP contribution in [0.3, 0.4) is 0 Å². The van der Waals surface area contributed by atoms with Gasteiger partial charge in [0.25, 0.3) is 0 Å². The molecular formula is C13H20BrN5O. The van der Waals surface area contributed by atoms with E-state index in [-0.39, 0.29) is 5.91 Å². The third-order valence-electron chi connectivity index (χ3n) is 2.94. The van der Waals surface area contributed by atoms with Crippen LogP contribution < -0.4 is 15.5 Å². The highest BCUT2D eigenvalue weighted by atomic mass is 79.9. The lowest BCUT2D eigenvalue weighted by molar-refractivity contribution is -0.119. The van der Waals surface area contributed by atoms with Crippen LogP contribution in [0.1, 0.15) is 26.2 Å². The van der Waals surface area contributed by atoms with Crippen molar-refractivity contribution in [2.24, 2.45) is 0 Å². The molecule has 2 N–H and O–H groups in total. The Hall–Kier alpha value is -1.37. The van der Waals surface area contributed by atoms with Gasteiger partial charge in [-0.1, -0.05) is 6.92 Å². The second-order valence-corrected chi connectivity index (χ2v) is 5.84. The molecule has 1 heterocycles. The molecule has 1 fully saturated rings. The van der Waals surface area contributed by atoms with E-state index in [9.17, 15) is 4.79 Å². The zero-order chi connectivity index (χ0) is 14.5. The maximum absolute atomic E-state index is 11.8. The highest BCUT2D eigenvalue weighted by Crippen LogP contribution is 2.23. The first-order valence-electron chi connectivity index (χ1n) is 6.87. The van der Waals surface area contributed by atoms with E-state index in [0.29, 0.717) is 24.4 Å². The van der Waals surface area contributed by atoms with E-state index in [1.807, 2.05) is 11.9 Å². The number of likely N-dealkylation sites (N-methyl/N-ethyl adjacent to an activating group) is 1. The van der Waals surface area contributed by atoms with Crippen molar-refractivity contribution in [2.75, 3.05) is 30.4 Å². The number of halogens is 1. The summed E-state index contributed by atoms with van der Waals surface area (Å²) in [5, 5.41) is 6.11. The van der Waals surface area contributed by atoms with E-state index in [2.05, 4.69) is 43.5 Å². The largest absolute Gasteiger partial charge is 0.354 e. The Morgan fingerprint density at radius 3 is 2.95 bits per heavy atom.